The van der Waals surface area contributed by atoms with Crippen molar-refractivity contribution in [2.45, 2.75) is 23.1 Å². The van der Waals surface area contributed by atoms with Gasteiger partial charge in [0.15, 0.2) is 0 Å². The van der Waals surface area contributed by atoms with Gasteiger partial charge in [0, 0.05) is 22.9 Å². The Labute approximate surface area is 172 Å². The minimum atomic E-state index is -3.43. The van der Waals surface area contributed by atoms with E-state index in [1.165, 1.54) is 11.8 Å². The van der Waals surface area contributed by atoms with Crippen molar-refractivity contribution in [1.29, 1.82) is 0 Å². The monoisotopic (exact) mass is 439 g/mol. The zero-order chi connectivity index (χ0) is 20.3. The van der Waals surface area contributed by atoms with Crippen molar-refractivity contribution in [2.75, 3.05) is 16.3 Å². The maximum atomic E-state index is 12.3. The highest BCUT2D eigenvalue weighted by Gasteiger charge is 2.29. The van der Waals surface area contributed by atoms with Crippen LogP contribution in [0.5, 0.6) is 0 Å². The number of benzene rings is 2. The summed E-state index contributed by atoms with van der Waals surface area (Å²) < 4.78 is 25.3. The molecule has 0 aliphatic carbocycles. The van der Waals surface area contributed by atoms with Gasteiger partial charge in [0.25, 0.3) is 0 Å². The van der Waals surface area contributed by atoms with Crippen LogP contribution in [0.1, 0.15) is 12.0 Å². The zero-order valence-corrected chi connectivity index (χ0v) is 17.2. The second-order valence-electron chi connectivity index (χ2n) is 6.25. The molecular weight excluding hydrogens is 422 g/mol. The number of nitrogens with one attached hydrogen (secondary N) is 3. The molecule has 3 N–H and O–H groups in total. The van der Waals surface area contributed by atoms with Crippen LogP contribution in [-0.2, 0) is 26.2 Å². The van der Waals surface area contributed by atoms with E-state index >= 15 is 0 Å². The molecule has 7 nitrogen and oxygen atoms in total. The Kier molecular flexibility index (Phi) is 6.17. The molecule has 28 heavy (non-hydrogen) atoms. The molecule has 1 aliphatic heterocycles. The lowest BCUT2D eigenvalue weighted by Gasteiger charge is -2.24. The predicted octanol–water partition coefficient (Wildman–Crippen LogP) is 2.83. The summed E-state index contributed by atoms with van der Waals surface area (Å²) in [4.78, 5) is 25.4. The Bertz CT molecular complexity index is 1030. The molecule has 1 atom stereocenters. The summed E-state index contributed by atoms with van der Waals surface area (Å²) in [6.07, 6.45) is 1.06. The Hall–Kier alpha value is -2.23. The smallest absolute Gasteiger partial charge is 0.238 e. The quantitative estimate of drug-likeness (QED) is 0.642. The lowest BCUT2D eigenvalue weighted by Crippen LogP contribution is -2.34. The van der Waals surface area contributed by atoms with Crippen LogP contribution in [-0.4, -0.2) is 31.7 Å². The van der Waals surface area contributed by atoms with Gasteiger partial charge < -0.3 is 10.6 Å². The molecule has 0 saturated carbocycles. The number of anilines is 2. The number of para-hydroxylation sites is 1. The zero-order valence-electron chi connectivity index (χ0n) is 14.9. The third-order valence-electron chi connectivity index (χ3n) is 3.92. The highest BCUT2D eigenvalue weighted by atomic mass is 35.5. The summed E-state index contributed by atoms with van der Waals surface area (Å²) in [6, 6.07) is 12.0. The van der Waals surface area contributed by atoms with Gasteiger partial charge >= 0.3 is 0 Å². The van der Waals surface area contributed by atoms with Crippen molar-refractivity contribution in [1.82, 2.24) is 5.32 Å². The number of thioether (sulfide) groups is 1. The third-order valence-corrected chi connectivity index (χ3v) is 6.02. The topological polar surface area (TPSA) is 104 Å². The van der Waals surface area contributed by atoms with E-state index in [0.717, 1.165) is 11.2 Å². The van der Waals surface area contributed by atoms with E-state index in [4.69, 9.17) is 11.6 Å². The Morgan fingerprint density at radius 3 is 2.75 bits per heavy atom. The number of hydrogen-bond acceptors (Lipinski definition) is 5. The molecule has 2 aromatic rings. The standard InChI is InChI=1S/C18H18ClN3O4S2/c1-28(25,26)22-13-5-3-2-4-11(13)10-20-17(23)9-16-18(24)21-14-8-12(19)6-7-15(14)27-16/h2-8,16,22H,9-10H2,1H3,(H,20,23)(H,21,24). The molecule has 148 valence electrons. The van der Waals surface area contributed by atoms with Gasteiger partial charge in [-0.3, -0.25) is 14.3 Å². The third kappa shape index (κ3) is 5.40. The van der Waals surface area contributed by atoms with Crippen molar-refractivity contribution >= 4 is 56.6 Å². The number of amides is 2. The van der Waals surface area contributed by atoms with E-state index < -0.39 is 15.3 Å². The van der Waals surface area contributed by atoms with Crippen molar-refractivity contribution < 1.29 is 18.0 Å². The molecule has 0 fully saturated rings. The predicted molar refractivity (Wildman–Crippen MR) is 111 cm³/mol. The number of carbonyl (C=O) groups is 2. The average Bonchev–Trinajstić information content (AvgIpc) is 2.60. The van der Waals surface area contributed by atoms with E-state index in [1.807, 2.05) is 0 Å². The summed E-state index contributed by atoms with van der Waals surface area (Å²) in [7, 11) is -3.43. The molecular formula is C18H18ClN3O4S2. The number of carbonyl (C=O) groups excluding carboxylic acids is 2. The van der Waals surface area contributed by atoms with E-state index in [-0.39, 0.29) is 24.8 Å². The van der Waals surface area contributed by atoms with Gasteiger partial charge in [-0.15, -0.1) is 11.8 Å². The number of fused-ring (bicyclic) bond motifs is 1. The van der Waals surface area contributed by atoms with E-state index in [2.05, 4.69) is 15.4 Å². The second kappa shape index (κ2) is 8.42. The van der Waals surface area contributed by atoms with Crippen LogP contribution in [0, 0.1) is 0 Å². The molecule has 3 rings (SSSR count). The minimum absolute atomic E-state index is 0.000236. The molecule has 0 saturated heterocycles. The van der Waals surface area contributed by atoms with E-state index in [1.54, 1.807) is 42.5 Å². The van der Waals surface area contributed by atoms with Crippen LogP contribution >= 0.6 is 23.4 Å². The fourth-order valence-electron chi connectivity index (χ4n) is 2.67. The fraction of sp³-hybridized carbons (Fsp3) is 0.222. The molecule has 2 amide bonds. The second-order valence-corrected chi connectivity index (χ2v) is 9.68. The van der Waals surface area contributed by atoms with Gasteiger partial charge in [-0.25, -0.2) is 8.42 Å². The first kappa shape index (κ1) is 20.5. The van der Waals surface area contributed by atoms with Gasteiger partial charge in [0.1, 0.15) is 0 Å². The highest BCUT2D eigenvalue weighted by Crippen LogP contribution is 2.38. The van der Waals surface area contributed by atoms with Gasteiger partial charge in [-0.05, 0) is 29.8 Å². The molecule has 0 radical (unpaired) electrons. The first-order valence-electron chi connectivity index (χ1n) is 8.31. The van der Waals surface area contributed by atoms with Crippen molar-refractivity contribution in [2.24, 2.45) is 0 Å². The lowest BCUT2D eigenvalue weighted by atomic mass is 10.2. The van der Waals surface area contributed by atoms with Crippen LogP contribution in [0.3, 0.4) is 0 Å². The average molecular weight is 440 g/mol. The van der Waals surface area contributed by atoms with Crippen molar-refractivity contribution in [3.63, 3.8) is 0 Å². The summed E-state index contributed by atoms with van der Waals surface area (Å²) in [5.41, 5.74) is 1.67. The van der Waals surface area contributed by atoms with Crippen molar-refractivity contribution in [3.05, 3.63) is 53.1 Å². The number of rotatable bonds is 6. The van der Waals surface area contributed by atoms with Gasteiger partial charge in [0.2, 0.25) is 21.8 Å². The largest absolute Gasteiger partial charge is 0.352 e. The molecule has 10 heteroatoms. The molecule has 0 bridgehead atoms. The van der Waals surface area contributed by atoms with E-state index in [9.17, 15) is 18.0 Å². The highest BCUT2D eigenvalue weighted by molar-refractivity contribution is 8.01. The maximum Gasteiger partial charge on any atom is 0.238 e. The molecule has 0 aromatic heterocycles. The molecule has 1 aliphatic rings. The Morgan fingerprint density at radius 1 is 1.25 bits per heavy atom. The number of hydrogen-bond donors (Lipinski definition) is 3. The number of sulfonamides is 1. The summed E-state index contributed by atoms with van der Waals surface area (Å²) in [5.74, 6) is -0.562. The molecule has 1 unspecified atom stereocenters. The lowest BCUT2D eigenvalue weighted by molar-refractivity contribution is -0.124. The summed E-state index contributed by atoms with van der Waals surface area (Å²) in [5, 5.41) is 5.47. The van der Waals surface area contributed by atoms with Crippen LogP contribution < -0.4 is 15.4 Å². The van der Waals surface area contributed by atoms with Gasteiger partial charge in [0.05, 0.1) is 22.9 Å². The first-order chi connectivity index (χ1) is 13.2. The normalized spacial score (nSPS) is 16.1. The maximum absolute atomic E-state index is 12.3. The summed E-state index contributed by atoms with van der Waals surface area (Å²) >= 11 is 7.24. The fourth-order valence-corrected chi connectivity index (χ4v) is 4.53. The van der Waals surface area contributed by atoms with Crippen molar-refractivity contribution in [3.8, 4) is 0 Å². The van der Waals surface area contributed by atoms with Crippen LogP contribution in [0.15, 0.2) is 47.4 Å². The van der Waals surface area contributed by atoms with Gasteiger partial charge in [-0.2, -0.15) is 0 Å². The summed E-state index contributed by atoms with van der Waals surface area (Å²) in [6.45, 7) is 0.142. The van der Waals surface area contributed by atoms with Crippen LogP contribution in [0.25, 0.3) is 0 Å². The first-order valence-corrected chi connectivity index (χ1v) is 11.5. The van der Waals surface area contributed by atoms with E-state index in [0.29, 0.717) is 22.0 Å². The Morgan fingerprint density at radius 2 is 2.00 bits per heavy atom. The minimum Gasteiger partial charge on any atom is -0.352 e. The van der Waals surface area contributed by atoms with Gasteiger partial charge in [-0.1, -0.05) is 29.8 Å². The molecule has 2 aromatic carbocycles. The Balaban J connectivity index is 1.61. The SMILES string of the molecule is CS(=O)(=O)Nc1ccccc1CNC(=O)CC1Sc2ccc(Cl)cc2NC1=O. The molecule has 0 spiro atoms. The van der Waals surface area contributed by atoms with Crippen LogP contribution in [0.2, 0.25) is 5.02 Å². The molecule has 1 heterocycles. The van der Waals surface area contributed by atoms with Crippen LogP contribution in [0.4, 0.5) is 11.4 Å². The number of halogens is 1.